The molecule has 0 N–H and O–H groups in total. The van der Waals surface area contributed by atoms with Crippen molar-refractivity contribution in [3.8, 4) is 22.3 Å². The summed E-state index contributed by atoms with van der Waals surface area (Å²) in [5, 5.41) is 0. The predicted molar refractivity (Wildman–Crippen MR) is 144 cm³/mol. The summed E-state index contributed by atoms with van der Waals surface area (Å²) in [6, 6.07) is 38.8. The normalized spacial score (nSPS) is 13.1. The molecular formula is C32H32N2Pt+2. The van der Waals surface area contributed by atoms with E-state index in [-0.39, 0.29) is 21.1 Å². The van der Waals surface area contributed by atoms with E-state index < -0.39 is 0 Å². The molecule has 1 heterocycles. The molecular weight excluding hydrogens is 607 g/mol. The van der Waals surface area contributed by atoms with Crippen LogP contribution in [0.5, 0.6) is 0 Å². The Balaban J connectivity index is 0.00000289. The predicted octanol–water partition coefficient (Wildman–Crippen LogP) is 7.76. The third-order valence-corrected chi connectivity index (χ3v) is 6.65. The first-order valence-corrected chi connectivity index (χ1v) is 12.3. The Kier molecular flexibility index (Phi) is 7.82. The van der Waals surface area contributed by atoms with Crippen LogP contribution in [0.2, 0.25) is 0 Å². The molecule has 178 valence electrons. The van der Waals surface area contributed by atoms with Crippen molar-refractivity contribution in [3.05, 3.63) is 108 Å². The minimum absolute atomic E-state index is 0. The second-order valence-electron chi connectivity index (χ2n) is 9.66. The molecule has 0 aliphatic carbocycles. The number of hydrogen-bond acceptors (Lipinski definition) is 2. The van der Waals surface area contributed by atoms with Crippen molar-refractivity contribution in [1.29, 1.82) is 0 Å². The molecule has 0 spiro atoms. The first-order valence-electron chi connectivity index (χ1n) is 12.3. The van der Waals surface area contributed by atoms with Gasteiger partial charge in [-0.2, -0.15) is 0 Å². The molecule has 0 radical (unpaired) electrons. The third-order valence-electron chi connectivity index (χ3n) is 6.65. The van der Waals surface area contributed by atoms with Crippen LogP contribution in [0, 0.1) is 12.1 Å². The van der Waals surface area contributed by atoms with Gasteiger partial charge < -0.3 is 9.80 Å². The van der Waals surface area contributed by atoms with Crippen LogP contribution in [0.15, 0.2) is 84.9 Å². The van der Waals surface area contributed by atoms with Gasteiger partial charge in [0.25, 0.3) is 0 Å². The van der Waals surface area contributed by atoms with Crippen LogP contribution in [-0.4, -0.2) is 12.1 Å². The van der Waals surface area contributed by atoms with Gasteiger partial charge >= 0.3 is 21.1 Å². The van der Waals surface area contributed by atoms with Crippen molar-refractivity contribution >= 4 is 11.4 Å². The van der Waals surface area contributed by atoms with E-state index in [4.69, 9.17) is 0 Å². The summed E-state index contributed by atoms with van der Waals surface area (Å²) in [7, 11) is 0. The summed E-state index contributed by atoms with van der Waals surface area (Å²) in [6.45, 7) is 10.7. The van der Waals surface area contributed by atoms with Gasteiger partial charge in [-0.25, -0.2) is 0 Å². The Morgan fingerprint density at radius 2 is 0.943 bits per heavy atom. The van der Waals surface area contributed by atoms with Crippen LogP contribution >= 0.6 is 0 Å². The minimum atomic E-state index is 0. The van der Waals surface area contributed by atoms with Crippen LogP contribution < -0.4 is 9.80 Å². The van der Waals surface area contributed by atoms with E-state index in [0.29, 0.717) is 12.1 Å². The van der Waals surface area contributed by atoms with Gasteiger partial charge in [-0.1, -0.05) is 47.5 Å². The Hall–Kier alpha value is -2.83. The number of nitrogens with zero attached hydrogens (tertiary/aromatic N) is 2. The molecule has 0 atom stereocenters. The van der Waals surface area contributed by atoms with E-state index in [1.807, 2.05) is 0 Å². The van der Waals surface area contributed by atoms with Gasteiger partial charge in [0.05, 0.1) is 0 Å². The third kappa shape index (κ3) is 5.24. The Morgan fingerprint density at radius 3 is 1.34 bits per heavy atom. The van der Waals surface area contributed by atoms with E-state index in [0.717, 1.165) is 24.2 Å². The molecule has 35 heavy (non-hydrogen) atoms. The summed E-state index contributed by atoms with van der Waals surface area (Å²) in [6.07, 6.45) is 0. The average molecular weight is 640 g/mol. The van der Waals surface area contributed by atoms with Crippen molar-refractivity contribution in [2.24, 2.45) is 0 Å². The molecule has 4 aromatic carbocycles. The van der Waals surface area contributed by atoms with Gasteiger partial charge in [0.1, 0.15) is 0 Å². The van der Waals surface area contributed by atoms with Gasteiger partial charge in [0, 0.05) is 36.5 Å². The van der Waals surface area contributed by atoms with Crippen LogP contribution in [0.25, 0.3) is 22.3 Å². The zero-order valence-corrected chi connectivity index (χ0v) is 23.1. The largest absolute Gasteiger partial charge is 4.00 e. The number of anilines is 2. The molecule has 0 saturated carbocycles. The maximum Gasteiger partial charge on any atom is 4.00 e. The quantitative estimate of drug-likeness (QED) is 0.207. The monoisotopic (exact) mass is 639 g/mol. The first-order chi connectivity index (χ1) is 16.5. The SMILES string of the molecule is CC(C)N1Cc2[c-]c(ccc2)-c2ccccc2N(C(C)C)Cc2[c-]c(ccc2)-c2ccccc21.[Pt+4]. The number of benzene rings is 4. The second-order valence-corrected chi connectivity index (χ2v) is 9.66. The second kappa shape index (κ2) is 10.8. The van der Waals surface area contributed by atoms with Crippen molar-refractivity contribution < 1.29 is 21.1 Å². The fourth-order valence-electron chi connectivity index (χ4n) is 4.89. The van der Waals surface area contributed by atoms with E-state index >= 15 is 0 Å². The molecule has 1 aliphatic heterocycles. The van der Waals surface area contributed by atoms with Crippen molar-refractivity contribution in [2.75, 3.05) is 9.80 Å². The van der Waals surface area contributed by atoms with Gasteiger partial charge in [0.15, 0.2) is 0 Å². The van der Waals surface area contributed by atoms with Crippen LogP contribution in [0.3, 0.4) is 0 Å². The molecule has 0 saturated heterocycles. The molecule has 0 unspecified atom stereocenters. The molecule has 3 heteroatoms. The Labute approximate surface area is 224 Å². The first kappa shape index (κ1) is 25.3. The van der Waals surface area contributed by atoms with Gasteiger partial charge in [-0.15, -0.1) is 70.8 Å². The van der Waals surface area contributed by atoms with E-state index in [9.17, 15) is 0 Å². The van der Waals surface area contributed by atoms with Crippen molar-refractivity contribution in [2.45, 2.75) is 52.9 Å². The van der Waals surface area contributed by atoms with Crippen molar-refractivity contribution in [1.82, 2.24) is 0 Å². The summed E-state index contributed by atoms with van der Waals surface area (Å²) >= 11 is 0. The molecule has 2 nitrogen and oxygen atoms in total. The molecule has 4 bridgehead atoms. The van der Waals surface area contributed by atoms with E-state index in [1.165, 1.54) is 33.6 Å². The van der Waals surface area contributed by atoms with Crippen LogP contribution in [0.4, 0.5) is 11.4 Å². The molecule has 0 amide bonds. The summed E-state index contributed by atoms with van der Waals surface area (Å²) in [5.41, 5.74) is 9.61. The van der Waals surface area contributed by atoms with Crippen LogP contribution in [-0.2, 0) is 34.2 Å². The van der Waals surface area contributed by atoms with Crippen LogP contribution in [0.1, 0.15) is 38.8 Å². The zero-order chi connectivity index (χ0) is 23.7. The Morgan fingerprint density at radius 1 is 0.543 bits per heavy atom. The summed E-state index contributed by atoms with van der Waals surface area (Å²) in [5.74, 6) is 0. The summed E-state index contributed by atoms with van der Waals surface area (Å²) in [4.78, 5) is 4.95. The van der Waals surface area contributed by atoms with Gasteiger partial charge in [-0.05, 0) is 39.8 Å². The maximum absolute atomic E-state index is 3.76. The van der Waals surface area contributed by atoms with Crippen molar-refractivity contribution in [3.63, 3.8) is 0 Å². The fourth-order valence-corrected chi connectivity index (χ4v) is 4.89. The molecule has 4 aromatic rings. The average Bonchev–Trinajstić information content (AvgIpc) is 2.85. The number of fused-ring (bicyclic) bond motifs is 8. The Bertz CT molecular complexity index is 1190. The smallest absolute Gasteiger partial charge is 0.373 e. The fraction of sp³-hybridized carbons (Fsp3) is 0.250. The minimum Gasteiger partial charge on any atom is -0.373 e. The van der Waals surface area contributed by atoms with E-state index in [1.54, 1.807) is 0 Å². The number of rotatable bonds is 2. The van der Waals surface area contributed by atoms with Gasteiger partial charge in [0.2, 0.25) is 0 Å². The van der Waals surface area contributed by atoms with Gasteiger partial charge in [-0.3, -0.25) is 0 Å². The molecule has 1 aliphatic rings. The topological polar surface area (TPSA) is 6.48 Å². The molecule has 0 aromatic heterocycles. The van der Waals surface area contributed by atoms with E-state index in [2.05, 4.69) is 135 Å². The standard InChI is InChI=1S/C32H32N2.Pt/c1-23(2)33-21-25-11-9-14-28(19-25)30-16-6-8-18-32(30)34(24(3)4)22-26-12-10-13-27(20-26)29-15-5-7-17-31(29)33;/h5-18,23-24H,21-22H2,1-4H3;/q-2;+4. The zero-order valence-electron chi connectivity index (χ0n) is 20.9. The number of hydrogen-bond donors (Lipinski definition) is 0. The summed E-state index contributed by atoms with van der Waals surface area (Å²) < 4.78 is 0. The molecule has 0 fully saturated rings. The maximum atomic E-state index is 3.76. The number of para-hydroxylation sites is 2. The molecule has 5 rings (SSSR count).